The van der Waals surface area contributed by atoms with Crippen molar-refractivity contribution in [3.8, 4) is 11.5 Å². The number of benzene rings is 1. The molecule has 152 valence electrons. The fourth-order valence-electron chi connectivity index (χ4n) is 3.37. The van der Waals surface area contributed by atoms with Gasteiger partial charge in [-0.1, -0.05) is 26.3 Å². The van der Waals surface area contributed by atoms with Crippen molar-refractivity contribution in [1.82, 2.24) is 10.2 Å². The lowest BCUT2D eigenvalue weighted by Crippen LogP contribution is -2.46. The van der Waals surface area contributed by atoms with E-state index in [2.05, 4.69) is 36.2 Å². The van der Waals surface area contributed by atoms with E-state index in [1.54, 1.807) is 7.11 Å². The Labute approximate surface area is 163 Å². The quantitative estimate of drug-likeness (QED) is 0.655. The summed E-state index contributed by atoms with van der Waals surface area (Å²) in [5, 5.41) is 3.03. The van der Waals surface area contributed by atoms with E-state index >= 15 is 0 Å². The minimum Gasteiger partial charge on any atom is -0.493 e. The summed E-state index contributed by atoms with van der Waals surface area (Å²) in [4.78, 5) is 14.2. The van der Waals surface area contributed by atoms with Crippen molar-refractivity contribution in [2.45, 2.75) is 52.1 Å². The SMILES string of the molecule is COc1ccc(CN2CCCCC2CNC(=O)CCN)cc1OCC(C)C. The maximum atomic E-state index is 11.8. The molecular formula is C21H35N3O3. The molecule has 0 aliphatic carbocycles. The van der Waals surface area contributed by atoms with Gasteiger partial charge in [-0.05, 0) is 43.0 Å². The second kappa shape index (κ2) is 11.1. The van der Waals surface area contributed by atoms with Gasteiger partial charge in [0.05, 0.1) is 13.7 Å². The number of hydrogen-bond acceptors (Lipinski definition) is 5. The van der Waals surface area contributed by atoms with Gasteiger partial charge in [0.15, 0.2) is 11.5 Å². The maximum Gasteiger partial charge on any atom is 0.221 e. The minimum atomic E-state index is 0.0387. The lowest BCUT2D eigenvalue weighted by Gasteiger charge is -2.36. The zero-order chi connectivity index (χ0) is 19.6. The van der Waals surface area contributed by atoms with Crippen LogP contribution in [-0.2, 0) is 11.3 Å². The van der Waals surface area contributed by atoms with E-state index in [1.165, 1.54) is 18.4 Å². The van der Waals surface area contributed by atoms with Gasteiger partial charge in [0.1, 0.15) is 0 Å². The molecule has 1 aliphatic heterocycles. The number of nitrogens with two attached hydrogens (primary N) is 1. The van der Waals surface area contributed by atoms with Gasteiger partial charge < -0.3 is 20.5 Å². The number of methoxy groups -OCH3 is 1. The first-order valence-corrected chi connectivity index (χ1v) is 10.0. The molecule has 1 atom stereocenters. The number of rotatable bonds is 10. The lowest BCUT2D eigenvalue weighted by molar-refractivity contribution is -0.121. The Balaban J connectivity index is 2.01. The summed E-state index contributed by atoms with van der Waals surface area (Å²) < 4.78 is 11.4. The van der Waals surface area contributed by atoms with Gasteiger partial charge in [-0.25, -0.2) is 0 Å². The van der Waals surface area contributed by atoms with E-state index in [0.717, 1.165) is 31.0 Å². The summed E-state index contributed by atoms with van der Waals surface area (Å²) in [5.41, 5.74) is 6.66. The predicted molar refractivity (Wildman–Crippen MR) is 108 cm³/mol. The molecule has 6 nitrogen and oxygen atoms in total. The van der Waals surface area contributed by atoms with E-state index in [1.807, 2.05) is 6.07 Å². The highest BCUT2D eigenvalue weighted by Gasteiger charge is 2.23. The molecule has 0 aromatic heterocycles. The highest BCUT2D eigenvalue weighted by atomic mass is 16.5. The first-order chi connectivity index (χ1) is 13.0. The molecule has 1 aromatic rings. The Morgan fingerprint density at radius 3 is 2.85 bits per heavy atom. The average Bonchev–Trinajstić information content (AvgIpc) is 2.66. The molecule has 1 aromatic carbocycles. The number of carbonyl (C=O) groups excluding carboxylic acids is 1. The number of amides is 1. The monoisotopic (exact) mass is 377 g/mol. The molecule has 1 fully saturated rings. The van der Waals surface area contributed by atoms with Crippen LogP contribution in [0, 0.1) is 5.92 Å². The highest BCUT2D eigenvalue weighted by Crippen LogP contribution is 2.30. The Hall–Kier alpha value is -1.79. The molecule has 2 rings (SSSR count). The fourth-order valence-corrected chi connectivity index (χ4v) is 3.37. The third-order valence-electron chi connectivity index (χ3n) is 4.84. The van der Waals surface area contributed by atoms with E-state index in [9.17, 15) is 4.79 Å². The van der Waals surface area contributed by atoms with Crippen molar-refractivity contribution in [3.63, 3.8) is 0 Å². The molecule has 0 saturated carbocycles. The van der Waals surface area contributed by atoms with Gasteiger partial charge in [0.2, 0.25) is 5.91 Å². The Kier molecular flexibility index (Phi) is 8.88. The average molecular weight is 378 g/mol. The van der Waals surface area contributed by atoms with Crippen LogP contribution in [0.5, 0.6) is 11.5 Å². The van der Waals surface area contributed by atoms with Crippen LogP contribution in [0.3, 0.4) is 0 Å². The Morgan fingerprint density at radius 1 is 1.33 bits per heavy atom. The van der Waals surface area contributed by atoms with Crippen molar-refractivity contribution < 1.29 is 14.3 Å². The summed E-state index contributed by atoms with van der Waals surface area (Å²) in [5.74, 6) is 2.07. The highest BCUT2D eigenvalue weighted by molar-refractivity contribution is 5.76. The number of carbonyl (C=O) groups is 1. The molecule has 6 heteroatoms. The molecule has 1 unspecified atom stereocenters. The summed E-state index contributed by atoms with van der Waals surface area (Å²) in [6, 6.07) is 6.52. The van der Waals surface area contributed by atoms with E-state index < -0.39 is 0 Å². The van der Waals surface area contributed by atoms with E-state index in [4.69, 9.17) is 15.2 Å². The molecule has 27 heavy (non-hydrogen) atoms. The largest absolute Gasteiger partial charge is 0.493 e. The van der Waals surface area contributed by atoms with Gasteiger partial charge in [-0.2, -0.15) is 0 Å². The van der Waals surface area contributed by atoms with Crippen LogP contribution in [0.25, 0.3) is 0 Å². The first-order valence-electron chi connectivity index (χ1n) is 10.0. The van der Waals surface area contributed by atoms with Crippen LogP contribution in [-0.4, -0.2) is 50.2 Å². The molecule has 3 N–H and O–H groups in total. The van der Waals surface area contributed by atoms with E-state index in [-0.39, 0.29) is 5.91 Å². The minimum absolute atomic E-state index is 0.0387. The predicted octanol–water partition coefficient (Wildman–Crippen LogP) is 2.55. The molecule has 1 aliphatic rings. The second-order valence-corrected chi connectivity index (χ2v) is 7.65. The fraction of sp³-hybridized carbons (Fsp3) is 0.667. The molecule has 0 bridgehead atoms. The van der Waals surface area contributed by atoms with Gasteiger partial charge in [-0.15, -0.1) is 0 Å². The van der Waals surface area contributed by atoms with Crippen LogP contribution < -0.4 is 20.5 Å². The van der Waals surface area contributed by atoms with Crippen LogP contribution in [0.2, 0.25) is 0 Å². The number of likely N-dealkylation sites (tertiary alicyclic amines) is 1. The smallest absolute Gasteiger partial charge is 0.221 e. The van der Waals surface area contributed by atoms with Gasteiger partial charge >= 0.3 is 0 Å². The van der Waals surface area contributed by atoms with Crippen molar-refractivity contribution >= 4 is 5.91 Å². The van der Waals surface area contributed by atoms with E-state index in [0.29, 0.717) is 38.1 Å². The van der Waals surface area contributed by atoms with Crippen molar-refractivity contribution in [1.29, 1.82) is 0 Å². The molecule has 1 heterocycles. The molecule has 1 saturated heterocycles. The number of ether oxygens (including phenoxy) is 2. The zero-order valence-corrected chi connectivity index (χ0v) is 17.0. The van der Waals surface area contributed by atoms with Crippen LogP contribution >= 0.6 is 0 Å². The summed E-state index contributed by atoms with van der Waals surface area (Å²) in [7, 11) is 1.67. The van der Waals surface area contributed by atoms with Crippen molar-refractivity contribution in [3.05, 3.63) is 23.8 Å². The Bertz CT molecular complexity index is 592. The van der Waals surface area contributed by atoms with Crippen molar-refractivity contribution in [2.75, 3.05) is 33.4 Å². The Morgan fingerprint density at radius 2 is 2.15 bits per heavy atom. The molecule has 1 amide bonds. The zero-order valence-electron chi connectivity index (χ0n) is 17.0. The lowest BCUT2D eigenvalue weighted by atomic mass is 10.0. The summed E-state index contributed by atoms with van der Waals surface area (Å²) in [6.07, 6.45) is 3.90. The van der Waals surface area contributed by atoms with Crippen molar-refractivity contribution in [2.24, 2.45) is 11.7 Å². The molecular weight excluding hydrogens is 342 g/mol. The third kappa shape index (κ3) is 7.03. The summed E-state index contributed by atoms with van der Waals surface area (Å²) in [6.45, 7) is 7.91. The van der Waals surface area contributed by atoms with Crippen LogP contribution in [0.15, 0.2) is 18.2 Å². The van der Waals surface area contributed by atoms with Gasteiger partial charge in [-0.3, -0.25) is 9.69 Å². The second-order valence-electron chi connectivity index (χ2n) is 7.65. The van der Waals surface area contributed by atoms with Crippen LogP contribution in [0.4, 0.5) is 0 Å². The maximum absolute atomic E-state index is 11.8. The summed E-state index contributed by atoms with van der Waals surface area (Å²) >= 11 is 0. The molecule has 0 radical (unpaired) electrons. The third-order valence-corrected chi connectivity index (χ3v) is 4.84. The standard InChI is InChI=1S/C21H35N3O3/c1-16(2)15-27-20-12-17(7-8-19(20)26-3)14-24-11-5-4-6-18(24)13-23-21(25)9-10-22/h7-8,12,16,18H,4-6,9-11,13-15,22H2,1-3H3,(H,23,25). The first kappa shape index (κ1) is 21.5. The van der Waals surface area contributed by atoms with Gasteiger partial charge in [0.25, 0.3) is 0 Å². The topological polar surface area (TPSA) is 76.8 Å². The number of piperidine rings is 1. The normalized spacial score (nSPS) is 17.7. The number of hydrogen-bond donors (Lipinski definition) is 2. The van der Waals surface area contributed by atoms with Gasteiger partial charge in [0, 0.05) is 32.1 Å². The number of nitrogens with one attached hydrogen (secondary N) is 1. The van der Waals surface area contributed by atoms with Crippen LogP contribution in [0.1, 0.15) is 45.1 Å². The molecule has 0 spiro atoms. The number of nitrogens with zero attached hydrogens (tertiary/aromatic N) is 1.